The molecule has 0 N–H and O–H groups in total. The number of methoxy groups -OCH3 is 2. The van der Waals surface area contributed by atoms with E-state index >= 15 is 0 Å². The molecular formula is C18H22N2O4S. The van der Waals surface area contributed by atoms with Crippen molar-refractivity contribution in [3.8, 4) is 11.5 Å². The maximum absolute atomic E-state index is 11.7. The molecule has 2 aromatic rings. The molecule has 7 heteroatoms. The van der Waals surface area contributed by atoms with Crippen LogP contribution in [0.1, 0.15) is 23.9 Å². The molecule has 0 saturated carbocycles. The smallest absolute Gasteiger partial charge is 0.149 e. The van der Waals surface area contributed by atoms with Crippen molar-refractivity contribution in [2.24, 2.45) is 5.16 Å². The third-order valence-corrected chi connectivity index (χ3v) is 4.47. The van der Waals surface area contributed by atoms with Gasteiger partial charge in [-0.3, -0.25) is 9.19 Å². The molecule has 0 bridgehead atoms. The van der Waals surface area contributed by atoms with Crippen molar-refractivity contribution in [2.45, 2.75) is 25.3 Å². The Morgan fingerprint density at radius 3 is 2.40 bits per heavy atom. The van der Waals surface area contributed by atoms with Gasteiger partial charge in [-0.15, -0.1) is 0 Å². The fourth-order valence-corrected chi connectivity index (χ4v) is 2.91. The lowest BCUT2D eigenvalue weighted by molar-refractivity contribution is 0.126. The van der Waals surface area contributed by atoms with Crippen LogP contribution in [0.5, 0.6) is 11.5 Å². The van der Waals surface area contributed by atoms with Crippen molar-refractivity contribution in [2.75, 3.05) is 20.5 Å². The van der Waals surface area contributed by atoms with Crippen LogP contribution < -0.4 is 9.47 Å². The SMILES string of the molecule is COc1cccc(OC)c1CON=C(C)c1cc(S(C)=O)cc(C)n1. The van der Waals surface area contributed by atoms with E-state index in [0.717, 1.165) is 11.3 Å². The maximum Gasteiger partial charge on any atom is 0.149 e. The van der Waals surface area contributed by atoms with E-state index in [1.807, 2.05) is 25.1 Å². The number of ether oxygens (including phenoxy) is 2. The largest absolute Gasteiger partial charge is 0.496 e. The molecule has 0 amide bonds. The lowest BCUT2D eigenvalue weighted by Crippen LogP contribution is -2.04. The lowest BCUT2D eigenvalue weighted by Gasteiger charge is -2.12. The molecule has 1 unspecified atom stereocenters. The quantitative estimate of drug-likeness (QED) is 0.559. The average molecular weight is 362 g/mol. The van der Waals surface area contributed by atoms with Crippen LogP contribution in [0, 0.1) is 6.92 Å². The van der Waals surface area contributed by atoms with Crippen LogP contribution >= 0.6 is 0 Å². The lowest BCUT2D eigenvalue weighted by atomic mass is 10.2. The predicted molar refractivity (Wildman–Crippen MR) is 97.9 cm³/mol. The summed E-state index contributed by atoms with van der Waals surface area (Å²) in [5.74, 6) is 1.34. The molecule has 1 aromatic heterocycles. The van der Waals surface area contributed by atoms with Crippen LogP contribution in [0.2, 0.25) is 0 Å². The van der Waals surface area contributed by atoms with Crippen molar-refractivity contribution in [3.63, 3.8) is 0 Å². The summed E-state index contributed by atoms with van der Waals surface area (Å²) >= 11 is 0. The van der Waals surface area contributed by atoms with Gasteiger partial charge in [0.15, 0.2) is 0 Å². The van der Waals surface area contributed by atoms with Crippen LogP contribution in [-0.2, 0) is 22.2 Å². The summed E-state index contributed by atoms with van der Waals surface area (Å²) in [5.41, 5.74) is 2.79. The van der Waals surface area contributed by atoms with Crippen LogP contribution in [0.15, 0.2) is 40.4 Å². The third kappa shape index (κ3) is 4.79. The normalized spacial score (nSPS) is 12.6. The molecular weight excluding hydrogens is 340 g/mol. The minimum absolute atomic E-state index is 0.197. The van der Waals surface area contributed by atoms with E-state index in [0.29, 0.717) is 27.8 Å². The van der Waals surface area contributed by atoms with Gasteiger partial charge in [-0.25, -0.2) is 0 Å². The Labute approximate surface area is 150 Å². The van der Waals surface area contributed by atoms with E-state index in [9.17, 15) is 4.21 Å². The molecule has 6 nitrogen and oxygen atoms in total. The van der Waals surface area contributed by atoms with Crippen molar-refractivity contribution in [3.05, 3.63) is 47.3 Å². The third-order valence-electron chi connectivity index (χ3n) is 3.57. The van der Waals surface area contributed by atoms with Gasteiger partial charge in [-0.1, -0.05) is 11.2 Å². The summed E-state index contributed by atoms with van der Waals surface area (Å²) in [7, 11) is 2.11. The zero-order chi connectivity index (χ0) is 18.4. The molecule has 0 aliphatic rings. The van der Waals surface area contributed by atoms with Gasteiger partial charge >= 0.3 is 0 Å². The van der Waals surface area contributed by atoms with Gasteiger partial charge in [0.2, 0.25) is 0 Å². The van der Waals surface area contributed by atoms with Crippen LogP contribution in [0.4, 0.5) is 0 Å². The summed E-state index contributed by atoms with van der Waals surface area (Å²) < 4.78 is 22.4. The fourth-order valence-electron chi connectivity index (χ4n) is 2.30. The highest BCUT2D eigenvalue weighted by atomic mass is 32.2. The maximum atomic E-state index is 11.7. The van der Waals surface area contributed by atoms with Crippen molar-refractivity contribution >= 4 is 16.5 Å². The Kier molecular flexibility index (Phi) is 6.52. The van der Waals surface area contributed by atoms with Gasteiger partial charge in [0, 0.05) is 27.6 Å². The van der Waals surface area contributed by atoms with Crippen molar-refractivity contribution in [1.82, 2.24) is 4.98 Å². The summed E-state index contributed by atoms with van der Waals surface area (Å²) in [5, 5.41) is 4.13. The van der Waals surface area contributed by atoms with Gasteiger partial charge in [0.1, 0.15) is 23.8 Å². The van der Waals surface area contributed by atoms with Gasteiger partial charge < -0.3 is 14.3 Å². The fraction of sp³-hybridized carbons (Fsp3) is 0.333. The molecule has 0 saturated heterocycles. The highest BCUT2D eigenvalue weighted by Crippen LogP contribution is 2.28. The molecule has 0 fully saturated rings. The minimum Gasteiger partial charge on any atom is -0.496 e. The van der Waals surface area contributed by atoms with Gasteiger partial charge in [-0.2, -0.15) is 0 Å². The first-order valence-corrected chi connectivity index (χ1v) is 9.21. The molecule has 1 atom stereocenters. The Hall–Kier alpha value is -2.41. The van der Waals surface area contributed by atoms with Gasteiger partial charge in [-0.05, 0) is 38.1 Å². The standard InChI is InChI=1S/C18H22N2O4S/c1-12-9-14(25(5)21)10-16(19-12)13(2)20-24-11-15-17(22-3)7-6-8-18(15)23-4/h6-10H,11H2,1-5H3. The molecule has 0 radical (unpaired) electrons. The van der Waals surface area contributed by atoms with Crippen LogP contribution in [0.3, 0.4) is 0 Å². The van der Waals surface area contributed by atoms with Crippen LogP contribution in [0.25, 0.3) is 0 Å². The molecule has 1 aromatic carbocycles. The number of hydrogen-bond acceptors (Lipinski definition) is 6. The van der Waals surface area contributed by atoms with Crippen LogP contribution in [-0.4, -0.2) is 35.4 Å². The number of rotatable bonds is 7. The van der Waals surface area contributed by atoms with Gasteiger partial charge in [0.25, 0.3) is 0 Å². The predicted octanol–water partition coefficient (Wildman–Crippen LogP) is 3.09. The van der Waals surface area contributed by atoms with Crippen molar-refractivity contribution < 1.29 is 18.5 Å². The van der Waals surface area contributed by atoms with E-state index in [1.54, 1.807) is 39.5 Å². The number of pyridine rings is 1. The minimum atomic E-state index is -1.08. The molecule has 0 aliphatic heterocycles. The zero-order valence-electron chi connectivity index (χ0n) is 15.0. The number of hydrogen-bond donors (Lipinski definition) is 0. The van der Waals surface area contributed by atoms with E-state index in [2.05, 4.69) is 10.1 Å². The molecule has 0 aliphatic carbocycles. The Bertz CT molecular complexity index is 783. The highest BCUT2D eigenvalue weighted by Gasteiger charge is 2.11. The average Bonchev–Trinajstić information content (AvgIpc) is 2.60. The Morgan fingerprint density at radius 2 is 1.84 bits per heavy atom. The Balaban J connectivity index is 2.19. The summed E-state index contributed by atoms with van der Waals surface area (Å²) in [6.45, 7) is 3.85. The Morgan fingerprint density at radius 1 is 1.20 bits per heavy atom. The summed E-state index contributed by atoms with van der Waals surface area (Å²) in [6, 6.07) is 9.08. The second kappa shape index (κ2) is 8.62. The molecule has 1 heterocycles. The summed E-state index contributed by atoms with van der Waals surface area (Å²) in [6.07, 6.45) is 1.63. The first kappa shape index (κ1) is 18.9. The number of oxime groups is 1. The van der Waals surface area contributed by atoms with E-state index in [-0.39, 0.29) is 6.61 Å². The second-order valence-corrected chi connectivity index (χ2v) is 6.75. The van der Waals surface area contributed by atoms with E-state index in [1.165, 1.54) is 0 Å². The second-order valence-electron chi connectivity index (χ2n) is 5.37. The number of nitrogens with zero attached hydrogens (tertiary/aromatic N) is 2. The molecule has 0 spiro atoms. The molecule has 2 rings (SSSR count). The monoisotopic (exact) mass is 362 g/mol. The molecule has 25 heavy (non-hydrogen) atoms. The first-order chi connectivity index (χ1) is 12.0. The number of aromatic nitrogens is 1. The topological polar surface area (TPSA) is 70.0 Å². The highest BCUT2D eigenvalue weighted by molar-refractivity contribution is 7.84. The van der Waals surface area contributed by atoms with Gasteiger partial charge in [0.05, 0.1) is 25.5 Å². The number of aryl methyl sites for hydroxylation is 1. The van der Waals surface area contributed by atoms with E-state index in [4.69, 9.17) is 14.3 Å². The zero-order valence-corrected chi connectivity index (χ0v) is 15.8. The summed E-state index contributed by atoms with van der Waals surface area (Å²) in [4.78, 5) is 10.6. The van der Waals surface area contributed by atoms with Crippen molar-refractivity contribution in [1.29, 1.82) is 0 Å². The number of benzene rings is 1. The van der Waals surface area contributed by atoms with E-state index < -0.39 is 10.8 Å². The first-order valence-electron chi connectivity index (χ1n) is 7.65. The molecule has 134 valence electrons.